The lowest BCUT2D eigenvalue weighted by molar-refractivity contribution is -0.384. The van der Waals surface area contributed by atoms with Crippen LogP contribution in [-0.4, -0.2) is 23.6 Å². The Bertz CT molecular complexity index is 855. The van der Waals surface area contributed by atoms with Crippen molar-refractivity contribution >= 4 is 23.0 Å². The molecule has 0 radical (unpaired) electrons. The van der Waals surface area contributed by atoms with Crippen molar-refractivity contribution in [3.8, 4) is 5.75 Å². The van der Waals surface area contributed by atoms with E-state index in [9.17, 15) is 32.5 Å². The van der Waals surface area contributed by atoms with Gasteiger partial charge in [0.15, 0.2) is 6.61 Å². The Labute approximate surface area is 143 Å². The zero-order valence-corrected chi connectivity index (χ0v) is 12.8. The predicted molar refractivity (Wildman–Crippen MR) is 83.4 cm³/mol. The number of halogens is 4. The highest BCUT2D eigenvalue weighted by molar-refractivity contribution is 6.09. The second-order valence-corrected chi connectivity index (χ2v) is 5.03. The normalized spacial score (nSPS) is 11.1. The summed E-state index contributed by atoms with van der Waals surface area (Å²) in [4.78, 5) is 22.1. The molecule has 1 amide bonds. The zero-order valence-electron chi connectivity index (χ0n) is 12.8. The van der Waals surface area contributed by atoms with Gasteiger partial charge in [0.2, 0.25) is 0 Å². The van der Waals surface area contributed by atoms with Crippen LogP contribution in [0.25, 0.3) is 0 Å². The van der Waals surface area contributed by atoms with Crippen LogP contribution in [0.2, 0.25) is 0 Å². The Morgan fingerprint density at radius 1 is 1.27 bits per heavy atom. The number of ether oxygens (including phenoxy) is 1. The summed E-state index contributed by atoms with van der Waals surface area (Å²) in [5.41, 5.74) is 3.73. The quantitative estimate of drug-likeness (QED) is 0.361. The first-order valence-corrected chi connectivity index (χ1v) is 6.91. The maximum Gasteiger partial charge on any atom is 0.422 e. The lowest BCUT2D eigenvalue weighted by Gasteiger charge is -2.11. The average molecular weight is 373 g/mol. The maximum atomic E-state index is 13.5. The minimum Gasteiger partial charge on any atom is -0.484 e. The number of carbonyl (C=O) groups excluding carboxylic acids is 1. The number of amides is 1. The van der Waals surface area contributed by atoms with E-state index in [2.05, 4.69) is 10.1 Å². The van der Waals surface area contributed by atoms with Crippen LogP contribution in [-0.2, 0) is 0 Å². The minimum atomic E-state index is -4.53. The van der Waals surface area contributed by atoms with Gasteiger partial charge in [0, 0.05) is 11.8 Å². The number of rotatable bonds is 5. The van der Waals surface area contributed by atoms with Gasteiger partial charge in [-0.05, 0) is 18.2 Å². The number of carbonyl (C=O) groups is 1. The van der Waals surface area contributed by atoms with Gasteiger partial charge in [0.25, 0.3) is 11.6 Å². The van der Waals surface area contributed by atoms with Crippen LogP contribution in [0, 0.1) is 15.9 Å². The topological polar surface area (TPSA) is 107 Å². The molecular formula is C15H11F4N3O4. The van der Waals surface area contributed by atoms with E-state index in [-0.39, 0.29) is 11.4 Å². The molecule has 2 rings (SSSR count). The van der Waals surface area contributed by atoms with Crippen molar-refractivity contribution in [3.63, 3.8) is 0 Å². The summed E-state index contributed by atoms with van der Waals surface area (Å²) >= 11 is 0. The molecule has 0 fully saturated rings. The third-order valence-electron chi connectivity index (χ3n) is 3.06. The zero-order chi connectivity index (χ0) is 19.5. The molecule has 0 saturated carbocycles. The van der Waals surface area contributed by atoms with Crippen molar-refractivity contribution < 1.29 is 32.0 Å². The van der Waals surface area contributed by atoms with Crippen LogP contribution in [0.1, 0.15) is 10.4 Å². The number of anilines is 2. The van der Waals surface area contributed by atoms with Gasteiger partial charge in [-0.2, -0.15) is 13.2 Å². The van der Waals surface area contributed by atoms with E-state index in [4.69, 9.17) is 5.73 Å². The van der Waals surface area contributed by atoms with E-state index in [0.717, 1.165) is 6.07 Å². The summed E-state index contributed by atoms with van der Waals surface area (Å²) in [6, 6.07) is 6.27. The van der Waals surface area contributed by atoms with Crippen LogP contribution < -0.4 is 15.8 Å². The third-order valence-corrected chi connectivity index (χ3v) is 3.06. The molecule has 0 aliphatic heterocycles. The predicted octanol–water partition coefficient (Wildman–Crippen LogP) is 3.51. The van der Waals surface area contributed by atoms with Gasteiger partial charge in [0.05, 0.1) is 16.6 Å². The van der Waals surface area contributed by atoms with Gasteiger partial charge in [-0.3, -0.25) is 14.9 Å². The van der Waals surface area contributed by atoms with E-state index in [1.165, 1.54) is 18.2 Å². The van der Waals surface area contributed by atoms with Gasteiger partial charge in [-0.1, -0.05) is 6.07 Å². The molecule has 138 valence electrons. The van der Waals surface area contributed by atoms with Crippen molar-refractivity contribution in [2.75, 3.05) is 17.7 Å². The number of alkyl halides is 3. The summed E-state index contributed by atoms with van der Waals surface area (Å²) in [5.74, 6) is -2.19. The maximum absolute atomic E-state index is 13.5. The lowest BCUT2D eigenvalue weighted by Crippen LogP contribution is -2.19. The van der Waals surface area contributed by atoms with Crippen LogP contribution >= 0.6 is 0 Å². The number of nitro groups is 1. The molecule has 0 aliphatic carbocycles. The van der Waals surface area contributed by atoms with Gasteiger partial charge < -0.3 is 15.8 Å². The molecule has 2 aromatic carbocycles. The first kappa shape index (κ1) is 19.0. The molecule has 0 bridgehead atoms. The number of nitrogens with two attached hydrogens (primary N) is 1. The molecule has 0 unspecified atom stereocenters. The van der Waals surface area contributed by atoms with E-state index < -0.39 is 46.4 Å². The summed E-state index contributed by atoms with van der Waals surface area (Å²) in [6.45, 7) is -1.52. The SMILES string of the molecule is Nc1c(C(=O)Nc2cccc(OCC(F)(F)F)c2)cc(F)cc1[N+](=O)[O-]. The van der Waals surface area contributed by atoms with Crippen molar-refractivity contribution in [2.45, 2.75) is 6.18 Å². The minimum absolute atomic E-state index is 0.0287. The van der Waals surface area contributed by atoms with Crippen LogP contribution in [0.3, 0.4) is 0 Å². The van der Waals surface area contributed by atoms with E-state index in [1.54, 1.807) is 0 Å². The van der Waals surface area contributed by atoms with Crippen molar-refractivity contribution in [1.82, 2.24) is 0 Å². The average Bonchev–Trinajstić information content (AvgIpc) is 2.54. The van der Waals surface area contributed by atoms with Gasteiger partial charge >= 0.3 is 6.18 Å². The first-order valence-electron chi connectivity index (χ1n) is 6.91. The van der Waals surface area contributed by atoms with Crippen LogP contribution in [0.4, 0.5) is 34.6 Å². The molecule has 0 saturated heterocycles. The summed E-state index contributed by atoms with van der Waals surface area (Å²) in [7, 11) is 0. The molecule has 0 spiro atoms. The number of nitrogens with one attached hydrogen (secondary N) is 1. The highest BCUT2D eigenvalue weighted by Crippen LogP contribution is 2.28. The molecule has 7 nitrogen and oxygen atoms in total. The van der Waals surface area contributed by atoms with Gasteiger partial charge in [-0.15, -0.1) is 0 Å². The summed E-state index contributed by atoms with van der Waals surface area (Å²) in [5, 5.41) is 13.1. The fourth-order valence-electron chi connectivity index (χ4n) is 1.97. The molecule has 0 atom stereocenters. The van der Waals surface area contributed by atoms with Crippen LogP contribution in [0.15, 0.2) is 36.4 Å². The molecule has 0 aromatic heterocycles. The Kier molecular flexibility index (Phi) is 5.29. The molecular weight excluding hydrogens is 362 g/mol. The first-order chi connectivity index (χ1) is 12.1. The molecule has 2 aromatic rings. The van der Waals surface area contributed by atoms with Crippen molar-refractivity contribution in [1.29, 1.82) is 0 Å². The van der Waals surface area contributed by atoms with Crippen molar-refractivity contribution in [2.24, 2.45) is 0 Å². The van der Waals surface area contributed by atoms with E-state index in [0.29, 0.717) is 12.1 Å². The Balaban J connectivity index is 2.22. The lowest BCUT2D eigenvalue weighted by atomic mass is 10.1. The Morgan fingerprint density at radius 2 is 1.96 bits per heavy atom. The number of hydrogen-bond donors (Lipinski definition) is 2. The number of hydrogen-bond acceptors (Lipinski definition) is 5. The molecule has 0 heterocycles. The molecule has 0 aliphatic rings. The van der Waals surface area contributed by atoms with Crippen molar-refractivity contribution in [3.05, 3.63) is 57.9 Å². The standard InChI is InChI=1S/C15H11F4N3O4/c16-8-4-11(13(20)12(5-8)22(24)25)14(23)21-9-2-1-3-10(6-9)26-7-15(17,18)19/h1-6H,7,20H2,(H,21,23). The molecule has 26 heavy (non-hydrogen) atoms. The Morgan fingerprint density at radius 3 is 2.58 bits per heavy atom. The highest BCUT2D eigenvalue weighted by Gasteiger charge is 2.28. The fourth-order valence-corrected chi connectivity index (χ4v) is 1.97. The Hall–Kier alpha value is -3.37. The number of nitrogen functional groups attached to an aromatic ring is 1. The summed E-state index contributed by atoms with van der Waals surface area (Å²) < 4.78 is 54.5. The van der Waals surface area contributed by atoms with Crippen LogP contribution in [0.5, 0.6) is 5.75 Å². The smallest absolute Gasteiger partial charge is 0.422 e. The van der Waals surface area contributed by atoms with E-state index in [1.807, 2.05) is 0 Å². The second-order valence-electron chi connectivity index (χ2n) is 5.03. The van der Waals surface area contributed by atoms with Gasteiger partial charge in [-0.25, -0.2) is 4.39 Å². The fraction of sp³-hybridized carbons (Fsp3) is 0.133. The second kappa shape index (κ2) is 7.25. The number of nitrogens with zero attached hydrogens (tertiary/aromatic N) is 1. The number of benzene rings is 2. The third kappa shape index (κ3) is 4.82. The largest absolute Gasteiger partial charge is 0.484 e. The molecule has 11 heteroatoms. The van der Waals surface area contributed by atoms with E-state index >= 15 is 0 Å². The molecule has 3 N–H and O–H groups in total. The summed E-state index contributed by atoms with van der Waals surface area (Å²) in [6.07, 6.45) is -4.53. The van der Waals surface area contributed by atoms with Gasteiger partial charge in [0.1, 0.15) is 17.3 Å². The number of nitro benzene ring substituents is 1. The highest BCUT2D eigenvalue weighted by atomic mass is 19.4. The monoisotopic (exact) mass is 373 g/mol.